The van der Waals surface area contributed by atoms with Crippen LogP contribution in [-0.4, -0.2) is 44.3 Å². The molecule has 0 amide bonds. The highest BCUT2D eigenvalue weighted by molar-refractivity contribution is 6.67. The van der Waals surface area contributed by atoms with Crippen molar-refractivity contribution in [3.63, 3.8) is 0 Å². The highest BCUT2D eigenvalue weighted by atomic mass is 15.1. The summed E-state index contributed by atoms with van der Waals surface area (Å²) in [6, 6.07) is 0. The van der Waals surface area contributed by atoms with Crippen molar-refractivity contribution in [1.29, 1.82) is 5.26 Å². The minimum atomic E-state index is 0.328. The Balaban J connectivity index is 1.69. The molecule has 2 fully saturated rings. The lowest BCUT2D eigenvalue weighted by Gasteiger charge is -2.33. The number of hydrogen-bond acceptors (Lipinski definition) is 3. The van der Waals surface area contributed by atoms with Gasteiger partial charge in [0, 0.05) is 12.5 Å². The molecule has 0 radical (unpaired) electrons. The molecule has 3 nitrogen and oxygen atoms in total. The van der Waals surface area contributed by atoms with E-state index < -0.39 is 0 Å². The van der Waals surface area contributed by atoms with Gasteiger partial charge in [-0.1, -0.05) is 0 Å². The molecule has 2 rings (SSSR count). The van der Waals surface area contributed by atoms with E-state index in [2.05, 4.69) is 16.2 Å². The van der Waals surface area contributed by atoms with E-state index in [4.69, 9.17) is 5.26 Å². The van der Waals surface area contributed by atoms with Crippen LogP contribution in [-0.2, 0) is 0 Å². The monoisotopic (exact) mass is 205 g/mol. The zero-order valence-corrected chi connectivity index (χ0v) is 9.41. The molecule has 1 N–H and O–H groups in total. The number of piperidine rings is 1. The third-order valence-corrected chi connectivity index (χ3v) is 3.75. The quantitative estimate of drug-likeness (QED) is 0.679. The summed E-state index contributed by atoms with van der Waals surface area (Å²) in [4.78, 5) is 2.56. The van der Waals surface area contributed by atoms with Gasteiger partial charge in [0.25, 0.3) is 6.71 Å². The largest absolute Gasteiger partial charge is 0.317 e. The molecule has 2 aliphatic rings. The highest BCUT2D eigenvalue weighted by Crippen LogP contribution is 2.17. The molecule has 2 aliphatic heterocycles. The van der Waals surface area contributed by atoms with Gasteiger partial charge in [0.1, 0.15) is 0 Å². The second-order valence-electron chi connectivity index (χ2n) is 4.90. The topological polar surface area (TPSA) is 39.1 Å². The van der Waals surface area contributed by atoms with Gasteiger partial charge < -0.3 is 10.2 Å². The van der Waals surface area contributed by atoms with E-state index >= 15 is 0 Å². The van der Waals surface area contributed by atoms with E-state index in [9.17, 15) is 0 Å². The van der Waals surface area contributed by atoms with Gasteiger partial charge in [0.15, 0.2) is 0 Å². The first kappa shape index (κ1) is 11.0. The Morgan fingerprint density at radius 2 is 1.93 bits per heavy atom. The van der Waals surface area contributed by atoms with Gasteiger partial charge in [-0.2, -0.15) is 0 Å². The van der Waals surface area contributed by atoms with Gasteiger partial charge in [-0.3, -0.25) is 0 Å². The Morgan fingerprint density at radius 1 is 1.27 bits per heavy atom. The Hall–Kier alpha value is -0.525. The highest BCUT2D eigenvalue weighted by Gasteiger charge is 2.24. The van der Waals surface area contributed by atoms with Crippen LogP contribution in [0, 0.1) is 17.1 Å². The molecular weight excluding hydrogens is 185 g/mol. The Bertz CT molecular complexity index is 224. The van der Waals surface area contributed by atoms with E-state index in [1.54, 1.807) is 0 Å². The standard InChI is InChI=1S/C11H20BN3/c13-10-12-3-7-15(8-4-12)9-11-1-5-14-6-2-11/h11,14H,1-9H2. The van der Waals surface area contributed by atoms with Crippen molar-refractivity contribution in [1.82, 2.24) is 10.2 Å². The zero-order valence-electron chi connectivity index (χ0n) is 9.41. The molecule has 0 bridgehead atoms. The minimum absolute atomic E-state index is 0.328. The minimum Gasteiger partial charge on any atom is -0.317 e. The van der Waals surface area contributed by atoms with Crippen LogP contribution < -0.4 is 5.32 Å². The summed E-state index contributed by atoms with van der Waals surface area (Å²) in [5.74, 6) is 3.28. The van der Waals surface area contributed by atoms with Crippen molar-refractivity contribution < 1.29 is 0 Å². The lowest BCUT2D eigenvalue weighted by molar-refractivity contribution is 0.216. The number of rotatable bonds is 2. The van der Waals surface area contributed by atoms with Crippen molar-refractivity contribution in [3.05, 3.63) is 0 Å². The number of nitrogens with zero attached hydrogens (tertiary/aromatic N) is 2. The molecule has 0 aromatic rings. The van der Waals surface area contributed by atoms with Crippen molar-refractivity contribution in [2.75, 3.05) is 32.7 Å². The fourth-order valence-corrected chi connectivity index (χ4v) is 2.67. The fraction of sp³-hybridized carbons (Fsp3) is 0.909. The van der Waals surface area contributed by atoms with Crippen LogP contribution in [0.1, 0.15) is 12.8 Å². The van der Waals surface area contributed by atoms with Crippen LogP contribution in [0.15, 0.2) is 0 Å². The van der Waals surface area contributed by atoms with Crippen molar-refractivity contribution in [2.24, 2.45) is 5.92 Å². The summed E-state index contributed by atoms with van der Waals surface area (Å²) >= 11 is 0. The van der Waals surface area contributed by atoms with Gasteiger partial charge in [-0.15, -0.1) is 0 Å². The normalized spacial score (nSPS) is 25.1. The van der Waals surface area contributed by atoms with E-state index in [0.29, 0.717) is 6.71 Å². The lowest BCUT2D eigenvalue weighted by Crippen LogP contribution is -2.41. The first-order chi connectivity index (χ1) is 7.38. The van der Waals surface area contributed by atoms with Crippen molar-refractivity contribution >= 4 is 6.71 Å². The Kier molecular flexibility index (Phi) is 4.05. The van der Waals surface area contributed by atoms with Crippen LogP contribution in [0.5, 0.6) is 0 Å². The fourth-order valence-electron chi connectivity index (χ4n) is 2.67. The molecule has 82 valence electrons. The second-order valence-corrected chi connectivity index (χ2v) is 4.90. The van der Waals surface area contributed by atoms with E-state index in [-0.39, 0.29) is 0 Å². The molecule has 2 heterocycles. The van der Waals surface area contributed by atoms with Crippen molar-refractivity contribution in [2.45, 2.75) is 25.5 Å². The van der Waals surface area contributed by atoms with E-state index in [1.807, 2.05) is 0 Å². The smallest absolute Gasteiger partial charge is 0.270 e. The number of hydrogen-bond donors (Lipinski definition) is 1. The van der Waals surface area contributed by atoms with Crippen LogP contribution in [0.2, 0.25) is 12.6 Å². The number of nitriles is 1. The number of nitrogens with one attached hydrogen (secondary N) is 1. The maximum absolute atomic E-state index is 8.82. The Morgan fingerprint density at radius 3 is 2.53 bits per heavy atom. The predicted octanol–water partition coefficient (Wildman–Crippen LogP) is 0.859. The van der Waals surface area contributed by atoms with Gasteiger partial charge in [0.05, 0.1) is 0 Å². The first-order valence-corrected chi connectivity index (χ1v) is 6.21. The molecule has 4 heteroatoms. The van der Waals surface area contributed by atoms with Crippen LogP contribution in [0.4, 0.5) is 0 Å². The average molecular weight is 205 g/mol. The molecule has 0 unspecified atom stereocenters. The SMILES string of the molecule is N#CB1CCN(CC2CCNCC2)CC1. The van der Waals surface area contributed by atoms with E-state index in [0.717, 1.165) is 31.6 Å². The van der Waals surface area contributed by atoms with Gasteiger partial charge in [-0.05, 0) is 57.6 Å². The summed E-state index contributed by atoms with van der Waals surface area (Å²) in [5.41, 5.74) is 0. The van der Waals surface area contributed by atoms with Crippen LogP contribution >= 0.6 is 0 Å². The molecule has 0 aliphatic carbocycles. The summed E-state index contributed by atoms with van der Waals surface area (Å²) in [6.45, 7) is 6.26. The molecule has 0 spiro atoms. The molecule has 0 aromatic carbocycles. The molecule has 0 aromatic heterocycles. The second kappa shape index (κ2) is 5.53. The third kappa shape index (κ3) is 3.22. The van der Waals surface area contributed by atoms with Gasteiger partial charge >= 0.3 is 0 Å². The Labute approximate surface area is 92.9 Å². The van der Waals surface area contributed by atoms with E-state index in [1.165, 1.54) is 32.5 Å². The molecule has 0 saturated carbocycles. The predicted molar refractivity (Wildman–Crippen MR) is 63.0 cm³/mol. The summed E-state index contributed by atoms with van der Waals surface area (Å²) in [6.07, 6.45) is 4.83. The third-order valence-electron chi connectivity index (χ3n) is 3.75. The van der Waals surface area contributed by atoms with Crippen LogP contribution in [0.25, 0.3) is 0 Å². The summed E-state index contributed by atoms with van der Waals surface area (Å²) < 4.78 is 0. The molecule has 0 atom stereocenters. The van der Waals surface area contributed by atoms with Gasteiger partial charge in [-0.25, -0.2) is 5.26 Å². The average Bonchev–Trinajstić information content (AvgIpc) is 2.31. The molecule has 15 heavy (non-hydrogen) atoms. The lowest BCUT2D eigenvalue weighted by atomic mass is 9.45. The maximum Gasteiger partial charge on any atom is 0.270 e. The zero-order chi connectivity index (χ0) is 10.5. The van der Waals surface area contributed by atoms with Crippen LogP contribution in [0.3, 0.4) is 0 Å². The summed E-state index contributed by atoms with van der Waals surface area (Å²) in [5, 5.41) is 12.2. The summed E-state index contributed by atoms with van der Waals surface area (Å²) in [7, 11) is 0. The van der Waals surface area contributed by atoms with Crippen molar-refractivity contribution in [3.8, 4) is 5.97 Å². The first-order valence-electron chi connectivity index (χ1n) is 6.21. The van der Waals surface area contributed by atoms with Gasteiger partial charge in [0.2, 0.25) is 0 Å². The molecular formula is C11H20BN3. The maximum atomic E-state index is 8.82. The molecule has 2 saturated heterocycles.